The number of benzene rings is 1. The summed E-state index contributed by atoms with van der Waals surface area (Å²) in [4.78, 5) is 56.0. The van der Waals surface area contributed by atoms with Crippen LogP contribution in [0.15, 0.2) is 41.9 Å². The van der Waals surface area contributed by atoms with Crippen LogP contribution in [-0.4, -0.2) is 112 Å². The number of amides is 3. The maximum absolute atomic E-state index is 14.3. The number of aryl methyl sites for hydroxylation is 1. The SMILES string of the molecule is CCn1c(-c2cccnc2[C@H](C)OC)c2c3cc(ccc31)-c1csc(n1)C[C@H](NC(=O)N1[C@@H](C)CN(C)C[C@@H]1C)C(=O)N1CCC[C@H](N1)C(=O)OCC(C)(C)C2. The molecule has 3 aliphatic heterocycles. The number of carbonyl (C=O) groups is 3. The molecule has 13 nitrogen and oxygen atoms in total. The number of pyridine rings is 1. The van der Waals surface area contributed by atoms with Gasteiger partial charge in [-0.3, -0.25) is 19.6 Å². The van der Waals surface area contributed by atoms with Crippen molar-refractivity contribution in [2.24, 2.45) is 5.41 Å². The van der Waals surface area contributed by atoms with Gasteiger partial charge in [-0.1, -0.05) is 19.9 Å². The average Bonchev–Trinajstić information content (AvgIpc) is 3.77. The molecule has 2 saturated heterocycles. The molecular weight excluding hydrogens is 729 g/mol. The number of urea groups is 1. The first-order chi connectivity index (χ1) is 26.8. The van der Waals surface area contributed by atoms with Crippen LogP contribution in [0.2, 0.25) is 0 Å². The Kier molecular flexibility index (Phi) is 11.6. The van der Waals surface area contributed by atoms with Gasteiger partial charge in [-0.05, 0) is 83.8 Å². The van der Waals surface area contributed by atoms with Crippen LogP contribution in [0.1, 0.15) is 76.8 Å². The number of rotatable bonds is 5. The van der Waals surface area contributed by atoms with Crippen LogP contribution in [0.25, 0.3) is 33.4 Å². The average molecular weight is 785 g/mol. The van der Waals surface area contributed by atoms with Gasteiger partial charge in [0.25, 0.3) is 5.91 Å². The van der Waals surface area contributed by atoms with Crippen molar-refractivity contribution < 1.29 is 23.9 Å². The monoisotopic (exact) mass is 784 g/mol. The molecule has 56 heavy (non-hydrogen) atoms. The summed E-state index contributed by atoms with van der Waals surface area (Å²) in [7, 11) is 3.75. The third kappa shape index (κ3) is 7.93. The van der Waals surface area contributed by atoms with Crippen molar-refractivity contribution >= 4 is 40.1 Å². The van der Waals surface area contributed by atoms with Crippen LogP contribution in [0.5, 0.6) is 0 Å². The van der Waals surface area contributed by atoms with E-state index in [1.165, 1.54) is 16.3 Å². The van der Waals surface area contributed by atoms with Crippen LogP contribution in [-0.2, 0) is 38.4 Å². The molecule has 5 atom stereocenters. The lowest BCUT2D eigenvalue weighted by Gasteiger charge is -2.43. The number of hydrazine groups is 1. The Bertz CT molecular complexity index is 2080. The zero-order valence-electron chi connectivity index (χ0n) is 33.9. The van der Waals surface area contributed by atoms with Gasteiger partial charge in [0.05, 0.1) is 34.8 Å². The number of cyclic esters (lactones) is 1. The van der Waals surface area contributed by atoms with Crippen molar-refractivity contribution in [2.45, 2.75) is 104 Å². The minimum Gasteiger partial charge on any atom is -0.464 e. The highest BCUT2D eigenvalue weighted by molar-refractivity contribution is 7.10. The second-order valence-corrected chi connectivity index (χ2v) is 17.5. The first-order valence-electron chi connectivity index (χ1n) is 19.9. The van der Waals surface area contributed by atoms with Gasteiger partial charge in [-0.2, -0.15) is 0 Å². The van der Waals surface area contributed by atoms with Crippen molar-refractivity contribution in [2.75, 3.05) is 40.4 Å². The third-order valence-electron chi connectivity index (χ3n) is 11.5. The van der Waals surface area contributed by atoms with Gasteiger partial charge in [-0.15, -0.1) is 11.3 Å². The molecule has 0 saturated carbocycles. The molecule has 2 N–H and O–H groups in total. The van der Waals surface area contributed by atoms with E-state index < -0.39 is 23.5 Å². The molecule has 7 rings (SSSR count). The van der Waals surface area contributed by atoms with Gasteiger partial charge < -0.3 is 29.2 Å². The van der Waals surface area contributed by atoms with E-state index >= 15 is 0 Å². The summed E-state index contributed by atoms with van der Waals surface area (Å²) in [5, 5.41) is 8.44. The maximum Gasteiger partial charge on any atom is 0.324 e. The van der Waals surface area contributed by atoms with E-state index in [2.05, 4.69) is 72.3 Å². The van der Waals surface area contributed by atoms with E-state index in [-0.39, 0.29) is 43.2 Å². The first kappa shape index (κ1) is 39.8. The molecular formula is C42H56N8O5S. The highest BCUT2D eigenvalue weighted by Crippen LogP contribution is 2.42. The topological polar surface area (TPSA) is 134 Å². The Balaban J connectivity index is 1.33. The fourth-order valence-corrected chi connectivity index (χ4v) is 9.63. The summed E-state index contributed by atoms with van der Waals surface area (Å²) in [5.41, 5.74) is 9.65. The zero-order chi connectivity index (χ0) is 39.9. The second kappa shape index (κ2) is 16.2. The van der Waals surface area contributed by atoms with E-state index in [0.717, 1.165) is 69.3 Å². The number of aromatic nitrogens is 3. The second-order valence-electron chi connectivity index (χ2n) is 16.5. The van der Waals surface area contributed by atoms with Crippen LogP contribution in [0.4, 0.5) is 4.79 Å². The van der Waals surface area contributed by atoms with Gasteiger partial charge in [0, 0.05) is 90.8 Å². The van der Waals surface area contributed by atoms with Crippen LogP contribution in [0.3, 0.4) is 0 Å². The predicted molar refractivity (Wildman–Crippen MR) is 218 cm³/mol. The minimum atomic E-state index is -0.904. The minimum absolute atomic E-state index is 0.0305. The van der Waals surface area contributed by atoms with E-state index in [0.29, 0.717) is 25.8 Å². The number of hydrogen-bond donors (Lipinski definition) is 2. The number of nitrogens with zero attached hydrogens (tertiary/aromatic N) is 6. The van der Waals surface area contributed by atoms with Crippen LogP contribution < -0.4 is 10.7 Å². The Morgan fingerprint density at radius 3 is 2.68 bits per heavy atom. The molecule has 6 heterocycles. The molecule has 0 spiro atoms. The number of hydrogen-bond acceptors (Lipinski definition) is 10. The first-order valence-corrected chi connectivity index (χ1v) is 20.8. The largest absolute Gasteiger partial charge is 0.464 e. The molecule has 3 amide bonds. The zero-order valence-corrected chi connectivity index (χ0v) is 34.7. The van der Waals surface area contributed by atoms with Crippen molar-refractivity contribution in [1.29, 1.82) is 0 Å². The number of likely N-dealkylation sites (N-methyl/N-ethyl adjacent to an activating group) is 1. The molecule has 6 bridgehead atoms. The fraction of sp³-hybridized carbons (Fsp3) is 0.548. The standard InChI is InChI=1S/C42H56N8O5S/c1-9-48-35-15-14-28-18-30(35)31(38(48)29-12-10-16-43-37(29)27(4)54-8)20-42(5,6)24-55-40(52)32-13-11-17-49(46-32)39(51)33(19-36-44-34(28)23-56-36)45-41(53)50-25(2)21-47(7)22-26(50)3/h10,12,14-16,18,23,25-27,32-33,46H,9,11,13,17,19-22,24H2,1-8H3,(H,45,53)/t25-,26-,27-,32-,33-/m0/s1. The summed E-state index contributed by atoms with van der Waals surface area (Å²) in [6.07, 6.45) is 3.55. The van der Waals surface area contributed by atoms with E-state index in [1.54, 1.807) is 13.3 Å². The van der Waals surface area contributed by atoms with E-state index in [1.807, 2.05) is 37.1 Å². The highest BCUT2D eigenvalue weighted by atomic mass is 32.1. The lowest BCUT2D eigenvalue weighted by molar-refractivity contribution is -0.155. The lowest BCUT2D eigenvalue weighted by atomic mass is 9.84. The van der Waals surface area contributed by atoms with Crippen molar-refractivity contribution in [3.05, 3.63) is 58.2 Å². The number of fused-ring (bicyclic) bond motifs is 6. The van der Waals surface area contributed by atoms with E-state index in [4.69, 9.17) is 19.4 Å². The predicted octanol–water partition coefficient (Wildman–Crippen LogP) is 5.82. The summed E-state index contributed by atoms with van der Waals surface area (Å²) >= 11 is 1.48. The van der Waals surface area contributed by atoms with Gasteiger partial charge in [-0.25, -0.2) is 15.2 Å². The Morgan fingerprint density at radius 2 is 1.95 bits per heavy atom. The quantitative estimate of drug-likeness (QED) is 0.240. The lowest BCUT2D eigenvalue weighted by Crippen LogP contribution is -2.64. The Labute approximate surface area is 333 Å². The van der Waals surface area contributed by atoms with Gasteiger partial charge in [0.2, 0.25) is 0 Å². The molecule has 14 heteroatoms. The third-order valence-corrected chi connectivity index (χ3v) is 12.3. The van der Waals surface area contributed by atoms with Crippen molar-refractivity contribution in [1.82, 2.24) is 40.1 Å². The van der Waals surface area contributed by atoms with Gasteiger partial charge in [0.15, 0.2) is 0 Å². The van der Waals surface area contributed by atoms with Gasteiger partial charge >= 0.3 is 12.0 Å². The summed E-state index contributed by atoms with van der Waals surface area (Å²) in [5.74, 6) is -0.704. The molecule has 2 fully saturated rings. The molecule has 0 radical (unpaired) electrons. The van der Waals surface area contributed by atoms with Crippen LogP contribution in [0, 0.1) is 5.41 Å². The highest BCUT2D eigenvalue weighted by Gasteiger charge is 2.38. The molecule has 0 aliphatic carbocycles. The number of thiazole rings is 1. The summed E-state index contributed by atoms with van der Waals surface area (Å²) in [6, 6.07) is 8.61. The smallest absolute Gasteiger partial charge is 0.324 e. The molecule has 0 unspecified atom stereocenters. The molecule has 3 aromatic heterocycles. The normalized spacial score (nSPS) is 24.1. The summed E-state index contributed by atoms with van der Waals surface area (Å²) in [6.45, 7) is 15.3. The molecule has 1 aromatic carbocycles. The number of methoxy groups -OCH3 is 1. The van der Waals surface area contributed by atoms with E-state index in [9.17, 15) is 14.4 Å². The molecule has 3 aliphatic rings. The number of esters is 1. The molecule has 4 aromatic rings. The van der Waals surface area contributed by atoms with Gasteiger partial charge in [0.1, 0.15) is 12.1 Å². The maximum atomic E-state index is 14.3. The van der Waals surface area contributed by atoms with Crippen molar-refractivity contribution in [3.8, 4) is 22.5 Å². The number of ether oxygens (including phenoxy) is 2. The summed E-state index contributed by atoms with van der Waals surface area (Å²) < 4.78 is 14.2. The molecule has 300 valence electrons. The number of nitrogens with one attached hydrogen (secondary N) is 2. The van der Waals surface area contributed by atoms with Crippen LogP contribution >= 0.6 is 11.3 Å². The number of piperazine rings is 1. The Hall–Kier alpha value is -4.37. The fourth-order valence-electron chi connectivity index (χ4n) is 8.77. The Morgan fingerprint density at radius 1 is 1.18 bits per heavy atom. The van der Waals surface area contributed by atoms with Crippen molar-refractivity contribution in [3.63, 3.8) is 0 Å². The number of carbonyl (C=O) groups excluding carboxylic acids is 3.